The number of carbonyl (C=O) groups is 3. The molecule has 4 amide bonds. The van der Waals surface area contributed by atoms with Crippen molar-refractivity contribution in [1.82, 2.24) is 15.1 Å². The minimum absolute atomic E-state index is 0.0504. The van der Waals surface area contributed by atoms with Crippen LogP contribution in [0.25, 0.3) is 0 Å². The summed E-state index contributed by atoms with van der Waals surface area (Å²) in [4.78, 5) is 38.3. The van der Waals surface area contributed by atoms with Gasteiger partial charge >= 0.3 is 6.03 Å². The van der Waals surface area contributed by atoms with Gasteiger partial charge in [0.25, 0.3) is 11.8 Å². The first-order valence-corrected chi connectivity index (χ1v) is 6.08. The van der Waals surface area contributed by atoms with Crippen LogP contribution in [0.4, 0.5) is 4.79 Å². The van der Waals surface area contributed by atoms with Crippen molar-refractivity contribution in [1.29, 1.82) is 0 Å². The predicted octanol–water partition coefficient (Wildman–Crippen LogP) is 0.710. The van der Waals surface area contributed by atoms with Gasteiger partial charge in [-0.05, 0) is 5.56 Å². The quantitative estimate of drug-likeness (QED) is 0.650. The fourth-order valence-electron chi connectivity index (χ4n) is 1.85. The number of imide groups is 2. The second-order valence-corrected chi connectivity index (χ2v) is 4.64. The molecule has 1 N–H and O–H groups in total. The number of nitrogens with zero attached hydrogens (tertiary/aromatic N) is 2. The van der Waals surface area contributed by atoms with E-state index in [1.165, 1.54) is 6.20 Å². The van der Waals surface area contributed by atoms with Crippen LogP contribution in [0.1, 0.15) is 5.56 Å². The summed E-state index contributed by atoms with van der Waals surface area (Å²) in [6.07, 6.45) is 1.40. The van der Waals surface area contributed by atoms with Gasteiger partial charge in [-0.2, -0.15) is 0 Å². The molecular formula is C14H15N3O3. The van der Waals surface area contributed by atoms with Gasteiger partial charge in [-0.15, -0.1) is 0 Å². The third-order valence-electron chi connectivity index (χ3n) is 2.76. The Bertz CT molecular complexity index is 579. The van der Waals surface area contributed by atoms with E-state index in [0.717, 1.165) is 10.5 Å². The SMILES string of the molecule is CN(C)/C=C1/C(=O)NC(=O)N(Cc2ccccc2)C1=O. The molecule has 2 rings (SSSR count). The average Bonchev–Trinajstić information content (AvgIpc) is 2.40. The van der Waals surface area contributed by atoms with Crippen LogP contribution in [0.3, 0.4) is 0 Å². The van der Waals surface area contributed by atoms with Crippen LogP contribution < -0.4 is 5.32 Å². The van der Waals surface area contributed by atoms with Crippen molar-refractivity contribution in [3.63, 3.8) is 0 Å². The Balaban J connectivity index is 2.26. The number of barbiturate groups is 1. The largest absolute Gasteiger partial charge is 0.383 e. The molecule has 1 aromatic carbocycles. The normalized spacial score (nSPS) is 17.4. The highest BCUT2D eigenvalue weighted by molar-refractivity contribution is 6.28. The van der Waals surface area contributed by atoms with Crippen molar-refractivity contribution in [2.75, 3.05) is 14.1 Å². The lowest BCUT2D eigenvalue weighted by molar-refractivity contribution is -0.130. The second kappa shape index (κ2) is 5.56. The Morgan fingerprint density at radius 1 is 1.15 bits per heavy atom. The van der Waals surface area contributed by atoms with E-state index < -0.39 is 17.8 Å². The number of rotatable bonds is 3. The zero-order valence-electron chi connectivity index (χ0n) is 11.3. The first-order chi connectivity index (χ1) is 9.49. The summed E-state index contributed by atoms with van der Waals surface area (Å²) in [5.74, 6) is -1.26. The first kappa shape index (κ1) is 13.8. The van der Waals surface area contributed by atoms with Crippen LogP contribution in [-0.4, -0.2) is 41.7 Å². The molecule has 1 aromatic rings. The summed E-state index contributed by atoms with van der Waals surface area (Å²) in [5, 5.41) is 2.17. The van der Waals surface area contributed by atoms with Gasteiger partial charge < -0.3 is 4.90 Å². The van der Waals surface area contributed by atoms with E-state index in [4.69, 9.17) is 0 Å². The highest BCUT2D eigenvalue weighted by Gasteiger charge is 2.35. The van der Waals surface area contributed by atoms with Gasteiger partial charge in [0.15, 0.2) is 0 Å². The number of urea groups is 1. The number of hydrogen-bond donors (Lipinski definition) is 1. The Labute approximate surface area is 116 Å². The smallest absolute Gasteiger partial charge is 0.331 e. The summed E-state index contributed by atoms with van der Waals surface area (Å²) in [6, 6.07) is 8.42. The molecule has 6 heteroatoms. The van der Waals surface area contributed by atoms with Crippen molar-refractivity contribution in [3.8, 4) is 0 Å². The molecular weight excluding hydrogens is 258 g/mol. The van der Waals surface area contributed by atoms with E-state index in [-0.39, 0.29) is 12.1 Å². The van der Waals surface area contributed by atoms with Crippen molar-refractivity contribution < 1.29 is 14.4 Å². The van der Waals surface area contributed by atoms with E-state index in [9.17, 15) is 14.4 Å². The molecule has 1 heterocycles. The van der Waals surface area contributed by atoms with Gasteiger partial charge in [-0.3, -0.25) is 19.8 Å². The highest BCUT2D eigenvalue weighted by Crippen LogP contribution is 2.14. The minimum atomic E-state index is -0.695. The van der Waals surface area contributed by atoms with Crippen molar-refractivity contribution >= 4 is 17.8 Å². The van der Waals surface area contributed by atoms with Crippen LogP contribution in [0.5, 0.6) is 0 Å². The molecule has 1 saturated heterocycles. The minimum Gasteiger partial charge on any atom is -0.383 e. The van der Waals surface area contributed by atoms with Crippen LogP contribution >= 0.6 is 0 Å². The molecule has 0 radical (unpaired) electrons. The molecule has 0 saturated carbocycles. The molecule has 0 aliphatic carbocycles. The zero-order chi connectivity index (χ0) is 14.7. The van der Waals surface area contributed by atoms with E-state index >= 15 is 0 Å². The fraction of sp³-hybridized carbons (Fsp3) is 0.214. The third kappa shape index (κ3) is 2.85. The van der Waals surface area contributed by atoms with E-state index in [1.807, 2.05) is 30.3 Å². The van der Waals surface area contributed by atoms with Gasteiger partial charge in [0.2, 0.25) is 0 Å². The maximum atomic E-state index is 12.2. The molecule has 20 heavy (non-hydrogen) atoms. The fourth-order valence-corrected chi connectivity index (χ4v) is 1.85. The molecule has 0 aromatic heterocycles. The maximum absolute atomic E-state index is 12.2. The Kier molecular flexibility index (Phi) is 3.84. The van der Waals surface area contributed by atoms with Crippen LogP contribution in [0.2, 0.25) is 0 Å². The maximum Gasteiger partial charge on any atom is 0.331 e. The lowest BCUT2D eigenvalue weighted by Gasteiger charge is -2.26. The topological polar surface area (TPSA) is 69.7 Å². The lowest BCUT2D eigenvalue weighted by Crippen LogP contribution is -2.53. The predicted molar refractivity (Wildman–Crippen MR) is 72.3 cm³/mol. The van der Waals surface area contributed by atoms with E-state index in [1.54, 1.807) is 19.0 Å². The molecule has 6 nitrogen and oxygen atoms in total. The molecule has 0 atom stereocenters. The molecule has 1 aliphatic rings. The van der Waals surface area contributed by atoms with Crippen LogP contribution in [0, 0.1) is 0 Å². The van der Waals surface area contributed by atoms with Gasteiger partial charge in [0.1, 0.15) is 5.57 Å². The molecule has 104 valence electrons. The average molecular weight is 273 g/mol. The Hall–Kier alpha value is -2.63. The number of hydrogen-bond acceptors (Lipinski definition) is 4. The summed E-state index contributed by atoms with van der Waals surface area (Å²) in [6.45, 7) is 0.129. The lowest BCUT2D eigenvalue weighted by atomic mass is 10.1. The van der Waals surface area contributed by atoms with Gasteiger partial charge in [-0.1, -0.05) is 30.3 Å². The summed E-state index contributed by atoms with van der Waals surface area (Å²) < 4.78 is 0. The molecule has 0 unspecified atom stereocenters. The first-order valence-electron chi connectivity index (χ1n) is 6.08. The van der Waals surface area contributed by atoms with Gasteiger partial charge in [0, 0.05) is 20.3 Å². The summed E-state index contributed by atoms with van der Waals surface area (Å²) in [5.41, 5.74) is 0.764. The number of benzene rings is 1. The standard InChI is InChI=1S/C14H15N3O3/c1-16(2)9-11-12(18)15-14(20)17(13(11)19)8-10-6-4-3-5-7-10/h3-7,9H,8H2,1-2H3,(H,15,18,20)/b11-9-. The molecule has 0 bridgehead atoms. The second-order valence-electron chi connectivity index (χ2n) is 4.64. The van der Waals surface area contributed by atoms with Crippen LogP contribution in [-0.2, 0) is 16.1 Å². The van der Waals surface area contributed by atoms with Gasteiger partial charge in [-0.25, -0.2) is 4.79 Å². The highest BCUT2D eigenvalue weighted by atomic mass is 16.2. The number of carbonyl (C=O) groups excluding carboxylic acids is 3. The summed E-state index contributed by atoms with van der Waals surface area (Å²) in [7, 11) is 3.40. The Morgan fingerprint density at radius 2 is 1.80 bits per heavy atom. The Morgan fingerprint density at radius 3 is 2.40 bits per heavy atom. The number of amides is 4. The molecule has 1 aliphatic heterocycles. The van der Waals surface area contributed by atoms with Crippen LogP contribution in [0.15, 0.2) is 42.1 Å². The molecule has 0 spiro atoms. The molecule has 1 fully saturated rings. The van der Waals surface area contributed by atoms with Crippen molar-refractivity contribution in [2.45, 2.75) is 6.54 Å². The van der Waals surface area contributed by atoms with Gasteiger partial charge in [0.05, 0.1) is 6.54 Å². The third-order valence-corrected chi connectivity index (χ3v) is 2.76. The zero-order valence-corrected chi connectivity index (χ0v) is 11.3. The van der Waals surface area contributed by atoms with E-state index in [0.29, 0.717) is 0 Å². The van der Waals surface area contributed by atoms with E-state index in [2.05, 4.69) is 5.32 Å². The number of nitrogens with one attached hydrogen (secondary N) is 1. The monoisotopic (exact) mass is 273 g/mol. The summed E-state index contributed by atoms with van der Waals surface area (Å²) >= 11 is 0. The van der Waals surface area contributed by atoms with Crippen molar-refractivity contribution in [2.24, 2.45) is 0 Å². The van der Waals surface area contributed by atoms with Crippen molar-refractivity contribution in [3.05, 3.63) is 47.7 Å².